The molecule has 0 saturated heterocycles. The van der Waals surface area contributed by atoms with Gasteiger partial charge in [-0.25, -0.2) is 0 Å². The van der Waals surface area contributed by atoms with Crippen molar-refractivity contribution >= 4 is 24.1 Å². The highest BCUT2D eigenvalue weighted by Crippen LogP contribution is 2.17. The molecule has 0 unspecified atom stereocenters. The molecule has 1 aromatic carbocycles. The van der Waals surface area contributed by atoms with E-state index in [2.05, 4.69) is 0 Å². The zero-order valence-corrected chi connectivity index (χ0v) is 16.9. The van der Waals surface area contributed by atoms with Crippen molar-refractivity contribution < 1.29 is 28.9 Å². The number of ether oxygens (including phenoxy) is 2. The molecular weight excluding hydrogens is 396 g/mol. The van der Waals surface area contributed by atoms with Crippen molar-refractivity contribution in [1.82, 2.24) is 0 Å². The quantitative estimate of drug-likeness (QED) is 0.216. The molecule has 0 amide bonds. The minimum absolute atomic E-state index is 0.0260. The number of esters is 2. The Morgan fingerprint density at radius 3 is 1.40 bits per heavy atom. The summed E-state index contributed by atoms with van der Waals surface area (Å²) in [5.74, 6) is -0.878. The molecular formula is C20H24N2O8. The van der Waals surface area contributed by atoms with E-state index in [9.17, 15) is 29.8 Å². The fourth-order valence-electron chi connectivity index (χ4n) is 2.44. The fraction of sp³-hybridized carbons (Fsp3) is 0.400. The maximum atomic E-state index is 11.2. The molecule has 0 aliphatic rings. The van der Waals surface area contributed by atoms with Crippen LogP contribution in [0.1, 0.15) is 50.7 Å². The predicted octanol–water partition coefficient (Wildman–Crippen LogP) is 3.61. The maximum Gasteiger partial charge on any atom is 0.302 e. The number of nitro groups is 2. The molecule has 0 fully saturated rings. The number of benzene rings is 1. The Bertz CT molecular complexity index is 759. The summed E-state index contributed by atoms with van der Waals surface area (Å²) in [6, 6.07) is 6.49. The normalized spacial score (nSPS) is 11.7. The molecule has 0 N–H and O–H groups in total. The van der Waals surface area contributed by atoms with E-state index in [1.165, 1.54) is 26.0 Å². The maximum absolute atomic E-state index is 11.2. The van der Waals surface area contributed by atoms with Crippen LogP contribution in [0.3, 0.4) is 0 Å². The van der Waals surface area contributed by atoms with E-state index in [1.54, 1.807) is 24.3 Å². The number of nitrogens with zero attached hydrogens (tertiary/aromatic N) is 2. The second-order valence-corrected chi connectivity index (χ2v) is 6.34. The second kappa shape index (κ2) is 12.8. The van der Waals surface area contributed by atoms with Crippen molar-refractivity contribution in [1.29, 1.82) is 0 Å². The highest BCUT2D eigenvalue weighted by atomic mass is 16.6. The van der Waals surface area contributed by atoms with E-state index in [4.69, 9.17) is 9.47 Å². The molecule has 0 aliphatic carbocycles. The van der Waals surface area contributed by atoms with E-state index in [0.717, 1.165) is 0 Å². The summed E-state index contributed by atoms with van der Waals surface area (Å²) in [5, 5.41) is 22.4. The number of hydrogen-bond acceptors (Lipinski definition) is 8. The average molecular weight is 420 g/mol. The lowest BCUT2D eigenvalue weighted by Gasteiger charge is -2.03. The lowest BCUT2D eigenvalue weighted by atomic mass is 10.1. The van der Waals surface area contributed by atoms with Crippen LogP contribution in [0.5, 0.6) is 0 Å². The number of rotatable bonds is 12. The Balaban J connectivity index is 2.80. The summed E-state index contributed by atoms with van der Waals surface area (Å²) in [4.78, 5) is 42.9. The van der Waals surface area contributed by atoms with Crippen LogP contribution in [0, 0.1) is 20.2 Å². The van der Waals surface area contributed by atoms with E-state index in [0.29, 0.717) is 24.0 Å². The summed E-state index contributed by atoms with van der Waals surface area (Å²) in [7, 11) is 0. The Kier molecular flexibility index (Phi) is 10.5. The minimum atomic E-state index is -0.491. The highest BCUT2D eigenvalue weighted by Gasteiger charge is 2.13. The summed E-state index contributed by atoms with van der Waals surface area (Å²) < 4.78 is 9.53. The molecule has 1 aromatic rings. The van der Waals surface area contributed by atoms with E-state index in [-0.39, 0.29) is 37.4 Å². The SMILES string of the molecule is CC(=O)OCCCC(=Cc1ccc(/C=C(\CCCOC(C)=O)[N+](=O)[O-])cc1)[N+](=O)[O-]. The van der Waals surface area contributed by atoms with E-state index >= 15 is 0 Å². The fourth-order valence-corrected chi connectivity index (χ4v) is 2.44. The first kappa shape index (κ1) is 24.5. The third kappa shape index (κ3) is 10.1. The van der Waals surface area contributed by atoms with Crippen molar-refractivity contribution in [3.05, 3.63) is 67.0 Å². The molecule has 0 atom stereocenters. The van der Waals surface area contributed by atoms with Gasteiger partial charge < -0.3 is 9.47 Å². The summed E-state index contributed by atoms with van der Waals surface area (Å²) in [6.45, 7) is 2.74. The van der Waals surface area contributed by atoms with Crippen LogP contribution in [0.2, 0.25) is 0 Å². The lowest BCUT2D eigenvalue weighted by molar-refractivity contribution is -0.426. The Hall–Kier alpha value is -3.56. The van der Waals surface area contributed by atoms with Crippen LogP contribution in [-0.2, 0) is 19.1 Å². The van der Waals surface area contributed by atoms with Gasteiger partial charge in [0, 0.05) is 38.8 Å². The molecule has 0 bridgehead atoms. The van der Waals surface area contributed by atoms with E-state index < -0.39 is 21.8 Å². The van der Waals surface area contributed by atoms with Gasteiger partial charge in [-0.05, 0) is 24.0 Å². The minimum Gasteiger partial charge on any atom is -0.466 e. The van der Waals surface area contributed by atoms with Gasteiger partial charge in [-0.2, -0.15) is 0 Å². The Labute approximate surface area is 173 Å². The van der Waals surface area contributed by atoms with Gasteiger partial charge in [-0.1, -0.05) is 24.3 Å². The molecule has 10 nitrogen and oxygen atoms in total. The summed E-state index contributed by atoms with van der Waals surface area (Å²) >= 11 is 0. The average Bonchev–Trinajstić information content (AvgIpc) is 2.67. The molecule has 0 radical (unpaired) electrons. The van der Waals surface area contributed by atoms with E-state index in [1.807, 2.05) is 0 Å². The summed E-state index contributed by atoms with van der Waals surface area (Å²) in [5.41, 5.74) is 1.09. The Morgan fingerprint density at radius 1 is 0.800 bits per heavy atom. The van der Waals surface area contributed by atoms with Gasteiger partial charge in [0.25, 0.3) is 0 Å². The number of carbonyl (C=O) groups is 2. The molecule has 0 aliphatic heterocycles. The van der Waals surface area contributed by atoms with Crippen LogP contribution in [0.15, 0.2) is 35.7 Å². The molecule has 1 rings (SSSR count). The standard InChI is InChI=1S/C20H24N2O8/c1-15(23)29-11-3-5-19(21(25)26)13-17-7-9-18(10-8-17)14-20(22(27)28)6-4-12-30-16(2)24/h7-10,13-14H,3-6,11-12H2,1-2H3/b19-13+,20-14?. The summed E-state index contributed by atoms with van der Waals surface area (Å²) in [6.07, 6.45) is 3.74. The van der Waals surface area contributed by atoms with Crippen LogP contribution in [0.25, 0.3) is 12.2 Å². The largest absolute Gasteiger partial charge is 0.466 e. The van der Waals surface area contributed by atoms with Gasteiger partial charge in [0.15, 0.2) is 0 Å². The van der Waals surface area contributed by atoms with Crippen molar-refractivity contribution in [3.8, 4) is 0 Å². The van der Waals surface area contributed by atoms with Crippen LogP contribution >= 0.6 is 0 Å². The molecule has 162 valence electrons. The Morgan fingerprint density at radius 2 is 1.13 bits per heavy atom. The first-order valence-electron chi connectivity index (χ1n) is 9.25. The van der Waals surface area contributed by atoms with Gasteiger partial charge in [-0.3, -0.25) is 29.8 Å². The lowest BCUT2D eigenvalue weighted by Crippen LogP contribution is -2.04. The van der Waals surface area contributed by atoms with Crippen molar-refractivity contribution in [3.63, 3.8) is 0 Å². The first-order valence-corrected chi connectivity index (χ1v) is 9.25. The van der Waals surface area contributed by atoms with Gasteiger partial charge >= 0.3 is 11.9 Å². The molecule has 30 heavy (non-hydrogen) atoms. The van der Waals surface area contributed by atoms with Gasteiger partial charge in [0.2, 0.25) is 11.4 Å². The second-order valence-electron chi connectivity index (χ2n) is 6.34. The molecule has 0 spiro atoms. The monoisotopic (exact) mass is 420 g/mol. The van der Waals surface area contributed by atoms with Crippen LogP contribution < -0.4 is 0 Å². The zero-order valence-electron chi connectivity index (χ0n) is 16.9. The zero-order chi connectivity index (χ0) is 22.5. The smallest absolute Gasteiger partial charge is 0.302 e. The number of allylic oxidation sites excluding steroid dienone is 2. The molecule has 0 heterocycles. The van der Waals surface area contributed by atoms with Crippen LogP contribution in [-0.4, -0.2) is 35.0 Å². The van der Waals surface area contributed by atoms with Gasteiger partial charge in [0.1, 0.15) is 0 Å². The van der Waals surface area contributed by atoms with Crippen molar-refractivity contribution in [2.45, 2.75) is 39.5 Å². The number of hydrogen-bond donors (Lipinski definition) is 0. The molecule has 0 aromatic heterocycles. The predicted molar refractivity (Wildman–Crippen MR) is 108 cm³/mol. The van der Waals surface area contributed by atoms with Gasteiger partial charge in [-0.15, -0.1) is 0 Å². The molecule has 10 heteroatoms. The molecule has 0 saturated carbocycles. The van der Waals surface area contributed by atoms with Gasteiger partial charge in [0.05, 0.1) is 23.1 Å². The topological polar surface area (TPSA) is 139 Å². The third-order valence-electron chi connectivity index (χ3n) is 3.84. The first-order chi connectivity index (χ1) is 14.2. The van der Waals surface area contributed by atoms with Crippen molar-refractivity contribution in [2.75, 3.05) is 13.2 Å². The van der Waals surface area contributed by atoms with Crippen molar-refractivity contribution in [2.24, 2.45) is 0 Å². The van der Waals surface area contributed by atoms with Crippen LogP contribution in [0.4, 0.5) is 0 Å². The highest BCUT2D eigenvalue weighted by molar-refractivity contribution is 5.66. The third-order valence-corrected chi connectivity index (χ3v) is 3.84. The number of carbonyl (C=O) groups excluding carboxylic acids is 2.